The van der Waals surface area contributed by atoms with Crippen LogP contribution in [0.3, 0.4) is 0 Å². The number of rotatable bonds is 12. The van der Waals surface area contributed by atoms with E-state index in [9.17, 15) is 19.2 Å². The van der Waals surface area contributed by atoms with Gasteiger partial charge in [-0.15, -0.1) is 0 Å². The highest BCUT2D eigenvalue weighted by atomic mass is 16.2. The fourth-order valence-electron chi connectivity index (χ4n) is 6.01. The monoisotopic (exact) mass is 697 g/mol. The molecule has 0 saturated carbocycles. The molecule has 0 aliphatic rings. The lowest BCUT2D eigenvalue weighted by Crippen LogP contribution is -2.47. The molecule has 0 saturated heterocycles. The Morgan fingerprint density at radius 1 is 0.808 bits per heavy atom. The number of nitrogens with two attached hydrogens (primary N) is 1. The lowest BCUT2D eigenvalue weighted by molar-refractivity contribution is -0.123. The number of aliphatic hydroxyl groups is 1. The molecule has 4 aromatic carbocycles. The summed E-state index contributed by atoms with van der Waals surface area (Å²) in [5.41, 5.74) is 9.99. The van der Waals surface area contributed by atoms with Crippen LogP contribution in [-0.2, 0) is 33.4 Å². The Morgan fingerprint density at radius 2 is 1.35 bits per heavy atom. The van der Waals surface area contributed by atoms with Crippen molar-refractivity contribution >= 4 is 34.9 Å². The number of aldehydes is 1. The molecule has 10 heteroatoms. The summed E-state index contributed by atoms with van der Waals surface area (Å²) in [7, 11) is 2.94. The zero-order chi connectivity index (χ0) is 37.3. The van der Waals surface area contributed by atoms with Crippen LogP contribution in [0, 0.1) is 0 Å². The highest BCUT2D eigenvalue weighted by Crippen LogP contribution is 2.36. The molecule has 1 unspecified atom stereocenters. The lowest BCUT2D eigenvalue weighted by Gasteiger charge is -2.37. The van der Waals surface area contributed by atoms with Crippen molar-refractivity contribution in [3.05, 3.63) is 174 Å². The van der Waals surface area contributed by atoms with Gasteiger partial charge in [0, 0.05) is 62.9 Å². The molecule has 5 N–H and O–H groups in total. The second kappa shape index (κ2) is 19.1. The largest absolute Gasteiger partial charge is 0.400 e. The van der Waals surface area contributed by atoms with Gasteiger partial charge in [0.15, 0.2) is 0 Å². The van der Waals surface area contributed by atoms with Gasteiger partial charge in [-0.2, -0.15) is 0 Å². The van der Waals surface area contributed by atoms with Crippen molar-refractivity contribution in [1.29, 1.82) is 0 Å². The number of hydrogen-bond donors (Lipinski definition) is 4. The van der Waals surface area contributed by atoms with Crippen molar-refractivity contribution in [3.63, 3.8) is 0 Å². The van der Waals surface area contributed by atoms with E-state index in [4.69, 9.17) is 10.8 Å². The van der Waals surface area contributed by atoms with Gasteiger partial charge >= 0.3 is 0 Å². The Kier molecular flexibility index (Phi) is 14.1. The lowest BCUT2D eigenvalue weighted by atomic mass is 9.77. The molecule has 10 nitrogen and oxygen atoms in total. The fraction of sp³-hybridized carbons (Fsp3) is 0.167. The molecule has 3 amide bonds. The van der Waals surface area contributed by atoms with E-state index in [1.165, 1.54) is 6.20 Å². The van der Waals surface area contributed by atoms with Gasteiger partial charge in [0.05, 0.1) is 5.56 Å². The van der Waals surface area contributed by atoms with Gasteiger partial charge in [0.1, 0.15) is 17.9 Å². The SMILES string of the molecule is CO.Cn1cc(CC(NC(=O)c2cccnc2)C(N)=O)c2ccccc21.O=CCCC(=O)NC(c1ccccc1)(c1ccccc1)c1ccccc1. The molecule has 0 fully saturated rings. The first-order valence-electron chi connectivity index (χ1n) is 16.7. The second-order valence-electron chi connectivity index (χ2n) is 11.8. The summed E-state index contributed by atoms with van der Waals surface area (Å²) < 4.78 is 1.99. The Morgan fingerprint density at radius 3 is 1.85 bits per heavy atom. The number of para-hydroxylation sites is 1. The highest BCUT2D eigenvalue weighted by Gasteiger charge is 2.37. The molecule has 6 rings (SSSR count). The van der Waals surface area contributed by atoms with E-state index in [1.807, 2.05) is 133 Å². The second-order valence-corrected chi connectivity index (χ2v) is 11.8. The van der Waals surface area contributed by atoms with Crippen molar-refractivity contribution in [1.82, 2.24) is 20.2 Å². The summed E-state index contributed by atoms with van der Waals surface area (Å²) in [6, 6.07) is 40.2. The van der Waals surface area contributed by atoms with Gasteiger partial charge in [-0.3, -0.25) is 19.4 Å². The maximum Gasteiger partial charge on any atom is 0.253 e. The van der Waals surface area contributed by atoms with Crippen LogP contribution in [0.2, 0.25) is 0 Å². The molecule has 0 spiro atoms. The number of hydrogen-bond acceptors (Lipinski definition) is 6. The van der Waals surface area contributed by atoms with E-state index in [1.54, 1.807) is 18.3 Å². The van der Waals surface area contributed by atoms with Gasteiger partial charge in [-0.1, -0.05) is 109 Å². The maximum atomic E-state index is 12.7. The number of aliphatic hydroxyl groups excluding tert-OH is 1. The van der Waals surface area contributed by atoms with Crippen LogP contribution in [0.4, 0.5) is 0 Å². The summed E-state index contributed by atoms with van der Waals surface area (Å²) in [5, 5.41) is 14.0. The number of fused-ring (bicyclic) bond motifs is 1. The third-order valence-corrected chi connectivity index (χ3v) is 8.41. The Labute approximate surface area is 303 Å². The normalized spacial score (nSPS) is 11.1. The third kappa shape index (κ3) is 9.43. The van der Waals surface area contributed by atoms with Crippen LogP contribution in [0.25, 0.3) is 10.9 Å². The number of nitrogens with zero attached hydrogens (tertiary/aromatic N) is 2. The van der Waals surface area contributed by atoms with Crippen LogP contribution < -0.4 is 16.4 Å². The average molecular weight is 698 g/mol. The minimum atomic E-state index is -0.816. The first-order chi connectivity index (χ1) is 25.3. The van der Waals surface area contributed by atoms with E-state index in [-0.39, 0.29) is 24.7 Å². The first kappa shape index (κ1) is 38.4. The number of carbonyl (C=O) groups is 4. The Bertz CT molecular complexity index is 1940. The number of nitrogens with one attached hydrogen (secondary N) is 2. The van der Waals surface area contributed by atoms with Gasteiger partial charge in [0.25, 0.3) is 5.91 Å². The van der Waals surface area contributed by atoms with Crippen LogP contribution in [0.1, 0.15) is 45.5 Å². The van der Waals surface area contributed by atoms with E-state index in [2.05, 4.69) is 15.6 Å². The molecule has 2 aromatic heterocycles. The van der Waals surface area contributed by atoms with Gasteiger partial charge < -0.3 is 30.8 Å². The molecular formula is C42H43N5O5. The molecule has 0 radical (unpaired) electrons. The molecule has 0 aliphatic heterocycles. The van der Waals surface area contributed by atoms with Crippen molar-refractivity contribution in [2.24, 2.45) is 12.8 Å². The van der Waals surface area contributed by atoms with Gasteiger partial charge in [-0.05, 0) is 40.5 Å². The number of pyridine rings is 1. The summed E-state index contributed by atoms with van der Waals surface area (Å²) >= 11 is 0. The molecule has 0 aliphatic carbocycles. The zero-order valence-corrected chi connectivity index (χ0v) is 29.2. The fourth-order valence-corrected chi connectivity index (χ4v) is 6.01. The molecule has 1 atom stereocenters. The van der Waals surface area contributed by atoms with E-state index in [0.29, 0.717) is 12.0 Å². The highest BCUT2D eigenvalue weighted by molar-refractivity contribution is 5.97. The predicted molar refractivity (Wildman–Crippen MR) is 202 cm³/mol. The van der Waals surface area contributed by atoms with Crippen molar-refractivity contribution < 1.29 is 24.3 Å². The topological polar surface area (TPSA) is 156 Å². The molecule has 266 valence electrons. The summed E-state index contributed by atoms with van der Waals surface area (Å²) in [4.78, 5) is 51.3. The maximum absolute atomic E-state index is 12.7. The van der Waals surface area contributed by atoms with Gasteiger partial charge in [0.2, 0.25) is 11.8 Å². The minimum Gasteiger partial charge on any atom is -0.400 e. The van der Waals surface area contributed by atoms with Crippen LogP contribution in [-0.4, -0.2) is 51.8 Å². The van der Waals surface area contributed by atoms with Crippen LogP contribution in [0.5, 0.6) is 0 Å². The summed E-state index contributed by atoms with van der Waals surface area (Å²) in [6.45, 7) is 0. The molecule has 2 heterocycles. The smallest absolute Gasteiger partial charge is 0.253 e. The van der Waals surface area contributed by atoms with E-state index >= 15 is 0 Å². The van der Waals surface area contributed by atoms with Crippen LogP contribution in [0.15, 0.2) is 146 Å². The van der Waals surface area contributed by atoms with E-state index < -0.39 is 17.5 Å². The summed E-state index contributed by atoms with van der Waals surface area (Å²) in [6.07, 6.45) is 6.47. The predicted octanol–water partition coefficient (Wildman–Crippen LogP) is 5.08. The molecule has 6 aromatic rings. The van der Waals surface area contributed by atoms with Crippen molar-refractivity contribution in [2.75, 3.05) is 7.11 Å². The van der Waals surface area contributed by atoms with Crippen molar-refractivity contribution in [3.8, 4) is 0 Å². The Balaban J connectivity index is 0.000000223. The van der Waals surface area contributed by atoms with Gasteiger partial charge in [-0.25, -0.2) is 0 Å². The number of aromatic nitrogens is 2. The molecule has 52 heavy (non-hydrogen) atoms. The number of primary amides is 1. The minimum absolute atomic E-state index is 0.159. The molecular weight excluding hydrogens is 654 g/mol. The third-order valence-electron chi connectivity index (χ3n) is 8.41. The Hall–Kier alpha value is -6.39. The standard InChI is InChI=1S/C23H21NO2.C18H18N4O2.CH4O/c25-18-10-17-22(26)24-23(19-11-4-1-5-12-19,20-13-6-2-7-14-20)21-15-8-3-9-16-21;1-22-11-13(14-6-2-3-7-16(14)22)9-15(17(19)23)21-18(24)12-5-4-8-20-10-12;1-2/h1-9,11-16,18H,10,17H2,(H,24,26);2-8,10-11,15H,9H2,1H3,(H2,19,23)(H,21,24);2H,1H3. The molecule has 0 bridgehead atoms. The summed E-state index contributed by atoms with van der Waals surface area (Å²) in [5.74, 6) is -1.10. The quantitative estimate of drug-likeness (QED) is 0.103. The number of carbonyl (C=O) groups excluding carboxylic acids is 4. The van der Waals surface area contributed by atoms with Crippen molar-refractivity contribution in [2.45, 2.75) is 30.8 Å². The van der Waals surface area contributed by atoms with Crippen LogP contribution >= 0.6 is 0 Å². The average Bonchev–Trinajstić information content (AvgIpc) is 3.52. The first-order valence-corrected chi connectivity index (χ1v) is 16.7. The number of aryl methyl sites for hydroxylation is 1. The zero-order valence-electron chi connectivity index (χ0n) is 29.2. The number of benzene rings is 4. The van der Waals surface area contributed by atoms with E-state index in [0.717, 1.165) is 46.6 Å². The number of amides is 3.